The molecule has 0 aliphatic carbocycles. The summed E-state index contributed by atoms with van der Waals surface area (Å²) in [6, 6.07) is 4.55. The van der Waals surface area contributed by atoms with Crippen LogP contribution in [0.3, 0.4) is 0 Å². The van der Waals surface area contributed by atoms with Crippen LogP contribution in [0.1, 0.15) is 45.4 Å². The lowest BCUT2D eigenvalue weighted by atomic mass is 10.1. The van der Waals surface area contributed by atoms with Gasteiger partial charge in [-0.1, -0.05) is 50.6 Å². The van der Waals surface area contributed by atoms with Crippen molar-refractivity contribution in [3.05, 3.63) is 29.0 Å². The fourth-order valence-electron chi connectivity index (χ4n) is 1.64. The molecule has 1 rings (SSSR count). The maximum absolute atomic E-state index is 13.1. The first-order valence-corrected chi connectivity index (χ1v) is 6.69. The average Bonchev–Trinajstić information content (AvgIpc) is 2.32. The van der Waals surface area contributed by atoms with E-state index in [-0.39, 0.29) is 5.02 Å². The molecule has 1 aromatic rings. The van der Waals surface area contributed by atoms with Crippen LogP contribution in [0.5, 0.6) is 5.75 Å². The first kappa shape index (κ1) is 14.3. The molecule has 0 fully saturated rings. The Labute approximate surface area is 108 Å². The molecule has 0 aliphatic rings. The van der Waals surface area contributed by atoms with E-state index in [0.29, 0.717) is 12.4 Å². The molecule has 0 atom stereocenters. The molecule has 1 aromatic carbocycles. The molecule has 0 N–H and O–H groups in total. The van der Waals surface area contributed by atoms with E-state index < -0.39 is 5.82 Å². The first-order valence-electron chi connectivity index (χ1n) is 6.32. The lowest BCUT2D eigenvalue weighted by Crippen LogP contribution is -1.97. The summed E-state index contributed by atoms with van der Waals surface area (Å²) in [4.78, 5) is 0. The molecule has 0 radical (unpaired) electrons. The number of rotatable bonds is 8. The van der Waals surface area contributed by atoms with Crippen molar-refractivity contribution in [2.45, 2.75) is 45.4 Å². The van der Waals surface area contributed by atoms with Crippen LogP contribution in [0.2, 0.25) is 5.02 Å². The molecule has 0 amide bonds. The minimum absolute atomic E-state index is 0.136. The van der Waals surface area contributed by atoms with E-state index in [1.165, 1.54) is 44.2 Å². The van der Waals surface area contributed by atoms with E-state index in [9.17, 15) is 4.39 Å². The Balaban J connectivity index is 2.11. The third kappa shape index (κ3) is 5.92. The smallest absolute Gasteiger partial charge is 0.145 e. The monoisotopic (exact) mass is 258 g/mol. The molecule has 0 spiro atoms. The van der Waals surface area contributed by atoms with Crippen LogP contribution in [0.4, 0.5) is 4.39 Å². The van der Waals surface area contributed by atoms with E-state index in [1.54, 1.807) is 6.07 Å². The van der Waals surface area contributed by atoms with Gasteiger partial charge in [0.1, 0.15) is 11.6 Å². The van der Waals surface area contributed by atoms with Gasteiger partial charge in [0.2, 0.25) is 0 Å². The Morgan fingerprint density at radius 1 is 1.12 bits per heavy atom. The van der Waals surface area contributed by atoms with Crippen molar-refractivity contribution in [1.82, 2.24) is 0 Å². The molecule has 0 aromatic heterocycles. The Kier molecular flexibility index (Phi) is 7.02. The van der Waals surface area contributed by atoms with Crippen LogP contribution in [-0.4, -0.2) is 6.61 Å². The van der Waals surface area contributed by atoms with Gasteiger partial charge in [0.15, 0.2) is 0 Å². The summed E-state index contributed by atoms with van der Waals surface area (Å²) in [5.41, 5.74) is 0. The van der Waals surface area contributed by atoms with Gasteiger partial charge in [-0.25, -0.2) is 4.39 Å². The number of halogens is 2. The van der Waals surface area contributed by atoms with E-state index >= 15 is 0 Å². The second kappa shape index (κ2) is 8.35. The van der Waals surface area contributed by atoms with E-state index in [0.717, 1.165) is 6.42 Å². The Morgan fingerprint density at radius 2 is 1.82 bits per heavy atom. The lowest BCUT2D eigenvalue weighted by Gasteiger charge is -2.06. The largest absolute Gasteiger partial charge is 0.493 e. The lowest BCUT2D eigenvalue weighted by molar-refractivity contribution is 0.303. The Morgan fingerprint density at radius 3 is 2.53 bits per heavy atom. The van der Waals surface area contributed by atoms with Crippen LogP contribution >= 0.6 is 11.6 Å². The zero-order chi connectivity index (χ0) is 12.5. The Bertz CT molecular complexity index is 328. The standard InChI is InChI=1S/C14H20ClFO/c1-2-3-4-5-6-7-10-17-12-8-9-13(15)14(16)11-12/h8-9,11H,2-7,10H2,1H3. The minimum Gasteiger partial charge on any atom is -0.493 e. The highest BCUT2D eigenvalue weighted by Gasteiger charge is 2.01. The van der Waals surface area contributed by atoms with E-state index in [2.05, 4.69) is 6.92 Å². The highest BCUT2D eigenvalue weighted by Crippen LogP contribution is 2.20. The summed E-state index contributed by atoms with van der Waals surface area (Å²) < 4.78 is 18.5. The summed E-state index contributed by atoms with van der Waals surface area (Å²) in [5.74, 6) is 0.132. The van der Waals surface area contributed by atoms with E-state index in [4.69, 9.17) is 16.3 Å². The molecule has 1 nitrogen and oxygen atoms in total. The third-order valence-electron chi connectivity index (χ3n) is 2.66. The van der Waals surface area contributed by atoms with Gasteiger partial charge in [0.25, 0.3) is 0 Å². The SMILES string of the molecule is CCCCCCCCOc1ccc(Cl)c(F)c1. The van der Waals surface area contributed by atoms with Crippen LogP contribution in [-0.2, 0) is 0 Å². The molecule has 0 aliphatic heterocycles. The number of benzene rings is 1. The van der Waals surface area contributed by atoms with Crippen molar-refractivity contribution in [2.75, 3.05) is 6.61 Å². The summed E-state index contributed by atoms with van der Waals surface area (Å²) in [6.07, 6.45) is 7.33. The second-order valence-corrected chi connectivity index (χ2v) is 4.60. The number of unbranched alkanes of at least 4 members (excludes halogenated alkanes) is 5. The summed E-state index contributed by atoms with van der Waals surface area (Å²) >= 11 is 5.58. The van der Waals surface area contributed by atoms with Crippen LogP contribution in [0, 0.1) is 5.82 Å². The van der Waals surface area contributed by atoms with Gasteiger partial charge in [0, 0.05) is 6.07 Å². The van der Waals surface area contributed by atoms with Gasteiger partial charge in [-0.15, -0.1) is 0 Å². The van der Waals surface area contributed by atoms with Gasteiger partial charge in [-0.3, -0.25) is 0 Å². The van der Waals surface area contributed by atoms with Gasteiger partial charge < -0.3 is 4.74 Å². The maximum atomic E-state index is 13.1. The average molecular weight is 259 g/mol. The van der Waals surface area contributed by atoms with Gasteiger partial charge in [-0.2, -0.15) is 0 Å². The predicted octanol–water partition coefficient (Wildman–Crippen LogP) is 5.22. The predicted molar refractivity (Wildman–Crippen MR) is 70.3 cm³/mol. The molecule has 0 saturated carbocycles. The Hall–Kier alpha value is -0.760. The normalized spacial score (nSPS) is 10.5. The molecular formula is C14H20ClFO. The third-order valence-corrected chi connectivity index (χ3v) is 2.96. The first-order chi connectivity index (χ1) is 8.24. The molecular weight excluding hydrogens is 239 g/mol. The van der Waals surface area contributed by atoms with Crippen molar-refractivity contribution < 1.29 is 9.13 Å². The topological polar surface area (TPSA) is 9.23 Å². The molecule has 0 heterocycles. The molecule has 0 saturated heterocycles. The van der Waals surface area contributed by atoms with Crippen molar-refractivity contribution >= 4 is 11.6 Å². The fourth-order valence-corrected chi connectivity index (χ4v) is 1.76. The van der Waals surface area contributed by atoms with E-state index in [1.807, 2.05) is 0 Å². The van der Waals surface area contributed by atoms with Gasteiger partial charge in [-0.05, 0) is 18.6 Å². The highest BCUT2D eigenvalue weighted by molar-refractivity contribution is 6.30. The molecule has 17 heavy (non-hydrogen) atoms. The summed E-state index contributed by atoms with van der Waals surface area (Å²) in [6.45, 7) is 2.85. The van der Waals surface area contributed by atoms with Gasteiger partial charge in [0.05, 0.1) is 11.6 Å². The number of hydrogen-bond acceptors (Lipinski definition) is 1. The summed E-state index contributed by atoms with van der Waals surface area (Å²) in [7, 11) is 0. The highest BCUT2D eigenvalue weighted by atomic mass is 35.5. The molecule has 0 unspecified atom stereocenters. The number of hydrogen-bond donors (Lipinski definition) is 0. The van der Waals surface area contributed by atoms with Crippen molar-refractivity contribution in [3.8, 4) is 5.75 Å². The molecule has 3 heteroatoms. The van der Waals surface area contributed by atoms with Crippen LogP contribution < -0.4 is 4.74 Å². The zero-order valence-corrected chi connectivity index (χ0v) is 11.1. The van der Waals surface area contributed by atoms with Crippen molar-refractivity contribution in [3.63, 3.8) is 0 Å². The maximum Gasteiger partial charge on any atom is 0.145 e. The zero-order valence-electron chi connectivity index (χ0n) is 10.3. The molecule has 96 valence electrons. The van der Waals surface area contributed by atoms with Crippen LogP contribution in [0.15, 0.2) is 18.2 Å². The number of ether oxygens (including phenoxy) is 1. The molecule has 0 bridgehead atoms. The second-order valence-electron chi connectivity index (χ2n) is 4.19. The fraction of sp³-hybridized carbons (Fsp3) is 0.571. The van der Waals surface area contributed by atoms with Crippen LogP contribution in [0.25, 0.3) is 0 Å². The minimum atomic E-state index is -0.424. The quantitative estimate of drug-likeness (QED) is 0.581. The van der Waals surface area contributed by atoms with Crippen molar-refractivity contribution in [1.29, 1.82) is 0 Å². The van der Waals surface area contributed by atoms with Gasteiger partial charge >= 0.3 is 0 Å². The summed E-state index contributed by atoms with van der Waals surface area (Å²) in [5, 5.41) is 0.136. The van der Waals surface area contributed by atoms with Crippen molar-refractivity contribution in [2.24, 2.45) is 0 Å².